The molecule has 35 heavy (non-hydrogen) atoms. The van der Waals surface area contributed by atoms with E-state index in [-0.39, 0.29) is 5.91 Å². The number of rotatable bonds is 8. The van der Waals surface area contributed by atoms with Crippen molar-refractivity contribution in [1.29, 1.82) is 0 Å². The smallest absolute Gasteiger partial charge is 0.251 e. The number of pyridine rings is 1. The molecule has 0 saturated carbocycles. The molecule has 5 aromatic rings. The van der Waals surface area contributed by atoms with Crippen LogP contribution in [0.4, 0.5) is 0 Å². The van der Waals surface area contributed by atoms with Crippen LogP contribution < -0.4 is 5.32 Å². The van der Waals surface area contributed by atoms with Gasteiger partial charge in [-0.3, -0.25) is 9.78 Å². The van der Waals surface area contributed by atoms with Gasteiger partial charge < -0.3 is 14.3 Å². The molecule has 5 rings (SSSR count). The van der Waals surface area contributed by atoms with E-state index < -0.39 is 0 Å². The van der Waals surface area contributed by atoms with Gasteiger partial charge in [-0.15, -0.1) is 0 Å². The van der Waals surface area contributed by atoms with Gasteiger partial charge in [0.25, 0.3) is 5.91 Å². The van der Waals surface area contributed by atoms with Crippen LogP contribution in [-0.2, 0) is 18.8 Å². The second kappa shape index (κ2) is 10.4. The number of benzene rings is 2. The zero-order chi connectivity index (χ0) is 24.2. The number of amides is 1. The first-order valence-corrected chi connectivity index (χ1v) is 12.5. The zero-order valence-corrected chi connectivity index (χ0v) is 20.6. The number of thioether (sulfide) groups is 1. The van der Waals surface area contributed by atoms with Crippen molar-refractivity contribution in [2.24, 2.45) is 0 Å². The van der Waals surface area contributed by atoms with E-state index in [1.165, 1.54) is 0 Å². The molecule has 3 aromatic heterocycles. The summed E-state index contributed by atoms with van der Waals surface area (Å²) >= 11 is 7.81. The molecular weight excluding hydrogens is 480 g/mol. The van der Waals surface area contributed by atoms with Crippen molar-refractivity contribution in [1.82, 2.24) is 19.9 Å². The molecule has 2 aromatic carbocycles. The largest absolute Gasteiger partial charge is 0.465 e. The minimum Gasteiger partial charge on any atom is -0.465 e. The number of carbonyl (C=O) groups excluding carboxylic acids is 1. The summed E-state index contributed by atoms with van der Waals surface area (Å²) in [5, 5.41) is 4.53. The maximum atomic E-state index is 12.5. The summed E-state index contributed by atoms with van der Waals surface area (Å²) < 4.78 is 7.67. The molecule has 0 spiro atoms. The number of furan rings is 1. The molecule has 176 valence electrons. The van der Waals surface area contributed by atoms with Crippen LogP contribution in [0.5, 0.6) is 0 Å². The Bertz CT molecular complexity index is 1480. The summed E-state index contributed by atoms with van der Waals surface area (Å²) in [6, 6.07) is 21.2. The van der Waals surface area contributed by atoms with E-state index in [2.05, 4.69) is 20.9 Å². The van der Waals surface area contributed by atoms with Gasteiger partial charge in [-0.2, -0.15) is 0 Å². The lowest BCUT2D eigenvalue weighted by Gasteiger charge is -2.10. The van der Waals surface area contributed by atoms with Crippen molar-refractivity contribution < 1.29 is 9.21 Å². The van der Waals surface area contributed by atoms with E-state index in [9.17, 15) is 4.79 Å². The predicted molar refractivity (Wildman–Crippen MR) is 139 cm³/mol. The molecule has 0 aliphatic rings. The van der Waals surface area contributed by atoms with Gasteiger partial charge in [-0.25, -0.2) is 4.98 Å². The second-order valence-electron chi connectivity index (χ2n) is 8.16. The summed E-state index contributed by atoms with van der Waals surface area (Å²) in [5.41, 5.74) is 4.68. The lowest BCUT2D eigenvalue weighted by molar-refractivity contribution is 0.0948. The van der Waals surface area contributed by atoms with Crippen LogP contribution in [0.1, 0.15) is 33.0 Å². The molecule has 0 fully saturated rings. The summed E-state index contributed by atoms with van der Waals surface area (Å²) in [6.45, 7) is 2.86. The number of carbonyl (C=O) groups is 1. The minimum atomic E-state index is -0.138. The van der Waals surface area contributed by atoms with Crippen molar-refractivity contribution in [3.63, 3.8) is 0 Å². The SMILES string of the molecule is Cc1ccc(CNC(=O)c2ccc(Cn3c(SCc4cccc(Cl)c4)nc4ccncc43)cc2)o1. The monoisotopic (exact) mass is 502 g/mol. The normalized spacial score (nSPS) is 11.1. The first kappa shape index (κ1) is 23.2. The van der Waals surface area contributed by atoms with Crippen LogP contribution in [-0.4, -0.2) is 20.4 Å². The van der Waals surface area contributed by atoms with E-state index in [0.717, 1.165) is 49.6 Å². The van der Waals surface area contributed by atoms with Crippen LogP contribution >= 0.6 is 23.4 Å². The Kier molecular flexibility index (Phi) is 6.88. The fourth-order valence-corrected chi connectivity index (χ4v) is 4.95. The molecular formula is C27H23ClN4O2S. The molecule has 0 atom stereocenters. The highest BCUT2D eigenvalue weighted by molar-refractivity contribution is 7.98. The van der Waals surface area contributed by atoms with E-state index in [1.54, 1.807) is 18.0 Å². The first-order chi connectivity index (χ1) is 17.0. The Morgan fingerprint density at radius 2 is 1.94 bits per heavy atom. The van der Waals surface area contributed by atoms with E-state index in [4.69, 9.17) is 21.0 Å². The lowest BCUT2D eigenvalue weighted by Crippen LogP contribution is -2.22. The number of halogens is 1. The number of hydrogen-bond donors (Lipinski definition) is 1. The number of aromatic nitrogens is 3. The van der Waals surface area contributed by atoms with Gasteiger partial charge in [0, 0.05) is 22.5 Å². The fraction of sp³-hybridized carbons (Fsp3) is 0.148. The highest BCUT2D eigenvalue weighted by Gasteiger charge is 2.13. The van der Waals surface area contributed by atoms with Crippen molar-refractivity contribution in [3.05, 3.63) is 112 Å². The third-order valence-corrected chi connectivity index (χ3v) is 6.83. The van der Waals surface area contributed by atoms with E-state index in [0.29, 0.717) is 18.7 Å². The molecule has 1 amide bonds. The Balaban J connectivity index is 1.31. The Labute approximate surface area is 212 Å². The molecule has 0 radical (unpaired) electrons. The average Bonchev–Trinajstić information content (AvgIpc) is 3.45. The Morgan fingerprint density at radius 1 is 1.09 bits per heavy atom. The van der Waals surface area contributed by atoms with Crippen LogP contribution in [0.25, 0.3) is 11.0 Å². The Morgan fingerprint density at radius 3 is 2.71 bits per heavy atom. The number of fused-ring (bicyclic) bond motifs is 1. The summed E-state index contributed by atoms with van der Waals surface area (Å²) in [4.78, 5) is 21.7. The highest BCUT2D eigenvalue weighted by Crippen LogP contribution is 2.28. The second-order valence-corrected chi connectivity index (χ2v) is 9.53. The van der Waals surface area contributed by atoms with Crippen LogP contribution in [0.3, 0.4) is 0 Å². The number of nitrogens with zero attached hydrogens (tertiary/aromatic N) is 3. The quantitative estimate of drug-likeness (QED) is 0.254. The van der Waals surface area contributed by atoms with Gasteiger partial charge in [0.05, 0.1) is 30.3 Å². The molecule has 0 bridgehead atoms. The van der Waals surface area contributed by atoms with Gasteiger partial charge in [0.1, 0.15) is 11.5 Å². The number of imidazole rings is 1. The average molecular weight is 503 g/mol. The maximum absolute atomic E-state index is 12.5. The van der Waals surface area contributed by atoms with Gasteiger partial charge in [-0.1, -0.05) is 47.6 Å². The van der Waals surface area contributed by atoms with Crippen molar-refractivity contribution >= 4 is 40.3 Å². The minimum absolute atomic E-state index is 0.138. The maximum Gasteiger partial charge on any atom is 0.251 e. The van der Waals surface area contributed by atoms with Gasteiger partial charge in [-0.05, 0) is 60.5 Å². The summed E-state index contributed by atoms with van der Waals surface area (Å²) in [5.74, 6) is 2.17. The third-order valence-electron chi connectivity index (χ3n) is 5.55. The standard InChI is InChI=1S/C27H23ClN4O2S/c1-18-5-10-23(34-18)14-30-26(33)21-8-6-19(7-9-21)16-32-25-15-29-12-11-24(25)31-27(32)35-17-20-3-2-4-22(28)13-20/h2-13,15H,14,16-17H2,1H3,(H,30,33). The molecule has 6 nitrogen and oxygen atoms in total. The zero-order valence-electron chi connectivity index (χ0n) is 19.1. The van der Waals surface area contributed by atoms with Gasteiger partial charge >= 0.3 is 0 Å². The molecule has 8 heteroatoms. The number of hydrogen-bond acceptors (Lipinski definition) is 5. The van der Waals surface area contributed by atoms with Gasteiger partial charge in [0.2, 0.25) is 0 Å². The van der Waals surface area contributed by atoms with Crippen LogP contribution in [0.15, 0.2) is 88.7 Å². The third kappa shape index (κ3) is 5.58. The first-order valence-electron chi connectivity index (χ1n) is 11.1. The van der Waals surface area contributed by atoms with Crippen molar-refractivity contribution in [2.75, 3.05) is 0 Å². The molecule has 0 aliphatic carbocycles. The fourth-order valence-electron chi connectivity index (χ4n) is 3.78. The van der Waals surface area contributed by atoms with Crippen LogP contribution in [0.2, 0.25) is 5.02 Å². The number of aryl methyl sites for hydroxylation is 1. The topological polar surface area (TPSA) is 73.0 Å². The molecule has 0 aliphatic heterocycles. The van der Waals surface area contributed by atoms with Crippen LogP contribution in [0, 0.1) is 6.92 Å². The van der Waals surface area contributed by atoms with Crippen molar-refractivity contribution in [3.8, 4) is 0 Å². The molecule has 0 unspecified atom stereocenters. The predicted octanol–water partition coefficient (Wildman–Crippen LogP) is 6.26. The Hall–Kier alpha value is -3.55. The molecule has 0 saturated heterocycles. The summed E-state index contributed by atoms with van der Waals surface area (Å²) in [6.07, 6.45) is 3.59. The lowest BCUT2D eigenvalue weighted by atomic mass is 10.1. The van der Waals surface area contributed by atoms with Gasteiger partial charge in [0.15, 0.2) is 5.16 Å². The highest BCUT2D eigenvalue weighted by atomic mass is 35.5. The molecule has 1 N–H and O–H groups in total. The summed E-state index contributed by atoms with van der Waals surface area (Å²) in [7, 11) is 0. The number of nitrogens with one attached hydrogen (secondary N) is 1. The molecule has 3 heterocycles. The van der Waals surface area contributed by atoms with E-state index >= 15 is 0 Å². The van der Waals surface area contributed by atoms with Crippen molar-refractivity contribution in [2.45, 2.75) is 30.9 Å². The van der Waals surface area contributed by atoms with E-state index in [1.807, 2.05) is 73.8 Å².